The average molecular weight is 572 g/mol. The lowest BCUT2D eigenvalue weighted by atomic mass is 10.0. The van der Waals surface area contributed by atoms with Gasteiger partial charge in [0.15, 0.2) is 6.29 Å². The molecule has 5 atom stereocenters. The maximum Gasteiger partial charge on any atom is 0.166 e. The molecule has 32 heavy (non-hydrogen) atoms. The molecule has 2 aromatic carbocycles. The number of aliphatic hydroxyl groups is 1. The zero-order valence-electron chi connectivity index (χ0n) is 19.0. The number of nitrogens with zero attached hydrogens (tertiary/aromatic N) is 1. The van der Waals surface area contributed by atoms with Crippen molar-refractivity contribution in [3.63, 3.8) is 0 Å². The Hall–Kier alpha value is -0.680. The van der Waals surface area contributed by atoms with Gasteiger partial charge in [-0.2, -0.15) is 0 Å². The van der Waals surface area contributed by atoms with Gasteiger partial charge in [0.25, 0.3) is 0 Å². The van der Waals surface area contributed by atoms with Crippen LogP contribution in [0, 0.1) is 0 Å². The molecular formula is C25H34INO4S. The summed E-state index contributed by atoms with van der Waals surface area (Å²) >= 11 is 0.950. The van der Waals surface area contributed by atoms with Gasteiger partial charge in [0.05, 0.1) is 29.8 Å². The standard InChI is InChI=1S/C25H34INO4S/c1-25(2,3)32(29)27(16-19-10-6-4-7-11-19)22(23-15-14-21(26)24(28)31-23)18-30-17-20-12-8-5-9-13-20/h4-13,21-24,28H,14-18H2,1-3H3/t21?,22-,23-,24?,32-/m0/s1. The van der Waals surface area contributed by atoms with E-state index in [1.54, 1.807) is 0 Å². The molecule has 1 fully saturated rings. The van der Waals surface area contributed by atoms with E-state index in [9.17, 15) is 9.66 Å². The highest BCUT2D eigenvalue weighted by atomic mass is 127. The molecule has 0 saturated carbocycles. The van der Waals surface area contributed by atoms with Crippen molar-refractivity contribution in [2.24, 2.45) is 0 Å². The fraction of sp³-hybridized carbons (Fsp3) is 0.520. The van der Waals surface area contributed by atoms with Crippen LogP contribution in [0.3, 0.4) is 0 Å². The van der Waals surface area contributed by atoms with E-state index < -0.39 is 22.4 Å². The van der Waals surface area contributed by atoms with Gasteiger partial charge in [0.1, 0.15) is 10.8 Å². The van der Waals surface area contributed by atoms with Crippen molar-refractivity contribution in [2.45, 2.75) is 73.9 Å². The highest BCUT2D eigenvalue weighted by Gasteiger charge is 2.44. The maximum atomic E-state index is 13.7. The van der Waals surface area contributed by atoms with Crippen molar-refractivity contribution in [3.05, 3.63) is 71.8 Å². The summed E-state index contributed by atoms with van der Waals surface area (Å²) in [6.07, 6.45) is 0.550. The second-order valence-electron chi connectivity index (χ2n) is 9.15. The first-order chi connectivity index (χ1) is 15.3. The number of benzene rings is 2. The normalized spacial score (nSPS) is 23.8. The molecule has 0 aliphatic carbocycles. The minimum atomic E-state index is -1.29. The molecule has 1 aliphatic heterocycles. The number of hydrogen-bond donors (Lipinski definition) is 1. The number of aliphatic hydroxyl groups excluding tert-OH is 1. The third-order valence-corrected chi connectivity index (χ3v) is 8.58. The van der Waals surface area contributed by atoms with E-state index in [1.165, 1.54) is 0 Å². The molecule has 2 unspecified atom stereocenters. The zero-order valence-corrected chi connectivity index (χ0v) is 22.0. The Morgan fingerprint density at radius 1 is 1.09 bits per heavy atom. The Labute approximate surface area is 208 Å². The van der Waals surface area contributed by atoms with Gasteiger partial charge < -0.3 is 19.1 Å². The minimum Gasteiger partial charge on any atom is -0.597 e. The van der Waals surface area contributed by atoms with Crippen LogP contribution in [0.5, 0.6) is 0 Å². The highest BCUT2D eigenvalue weighted by molar-refractivity contribution is 14.1. The van der Waals surface area contributed by atoms with Crippen molar-refractivity contribution in [1.82, 2.24) is 4.31 Å². The van der Waals surface area contributed by atoms with Crippen LogP contribution in [0.2, 0.25) is 0 Å². The van der Waals surface area contributed by atoms with E-state index >= 15 is 0 Å². The molecule has 0 bridgehead atoms. The molecule has 0 spiro atoms. The molecule has 0 radical (unpaired) electrons. The van der Waals surface area contributed by atoms with Crippen LogP contribution in [0.25, 0.3) is 0 Å². The van der Waals surface area contributed by atoms with Crippen molar-refractivity contribution in [1.29, 1.82) is 0 Å². The molecule has 1 N–H and O–H groups in total. The van der Waals surface area contributed by atoms with Crippen molar-refractivity contribution >= 4 is 34.0 Å². The summed E-state index contributed by atoms with van der Waals surface area (Å²) in [6.45, 7) is 7.32. The molecule has 1 heterocycles. The predicted molar refractivity (Wildman–Crippen MR) is 138 cm³/mol. The summed E-state index contributed by atoms with van der Waals surface area (Å²) in [5.74, 6) is 0. The summed E-state index contributed by atoms with van der Waals surface area (Å²) in [5, 5.41) is 10.4. The predicted octanol–water partition coefficient (Wildman–Crippen LogP) is 4.84. The molecular weight excluding hydrogens is 537 g/mol. The number of halogens is 1. The van der Waals surface area contributed by atoms with Crippen LogP contribution in [0.1, 0.15) is 44.7 Å². The van der Waals surface area contributed by atoms with Crippen molar-refractivity contribution in [2.75, 3.05) is 6.61 Å². The molecule has 0 amide bonds. The summed E-state index contributed by atoms with van der Waals surface area (Å²) in [5.41, 5.74) is 2.18. The second-order valence-corrected chi connectivity index (χ2v) is 12.9. The van der Waals surface area contributed by atoms with Crippen molar-refractivity contribution < 1.29 is 19.1 Å². The summed E-state index contributed by atoms with van der Waals surface area (Å²) in [4.78, 5) is 0. The quantitative estimate of drug-likeness (QED) is 0.265. The van der Waals surface area contributed by atoms with E-state index in [1.807, 2.05) is 85.7 Å². The first-order valence-corrected chi connectivity index (χ1v) is 13.4. The number of hydrogen-bond acceptors (Lipinski definition) is 5. The van der Waals surface area contributed by atoms with Gasteiger partial charge in [0, 0.05) is 11.4 Å². The van der Waals surface area contributed by atoms with Gasteiger partial charge in [-0.25, -0.2) is 0 Å². The molecule has 3 rings (SSSR count). The van der Waals surface area contributed by atoms with E-state index in [0.717, 1.165) is 24.0 Å². The van der Waals surface area contributed by atoms with E-state index in [2.05, 4.69) is 22.6 Å². The van der Waals surface area contributed by atoms with Crippen LogP contribution in [-0.4, -0.2) is 47.7 Å². The topological polar surface area (TPSA) is 65.0 Å². The summed E-state index contributed by atoms with van der Waals surface area (Å²) in [6, 6.07) is 19.9. The minimum absolute atomic E-state index is 0.0606. The Bertz CT molecular complexity index is 805. The SMILES string of the molecule is CC(C)(C)[S@+]([O-])N(Cc1ccccc1)[C@@H](COCc1ccccc1)[C@@H]1CCC(I)C(O)O1. The molecule has 1 saturated heterocycles. The fourth-order valence-electron chi connectivity index (χ4n) is 3.74. The lowest BCUT2D eigenvalue weighted by molar-refractivity contribution is -0.175. The first-order valence-electron chi connectivity index (χ1n) is 11.1. The summed E-state index contributed by atoms with van der Waals surface area (Å²) in [7, 11) is 0. The smallest absolute Gasteiger partial charge is 0.166 e. The van der Waals surface area contributed by atoms with Gasteiger partial charge in [-0.3, -0.25) is 0 Å². The third kappa shape index (κ3) is 7.41. The third-order valence-electron chi connectivity index (χ3n) is 5.47. The second kappa shape index (κ2) is 12.1. The lowest BCUT2D eigenvalue weighted by Gasteiger charge is -2.42. The number of rotatable bonds is 9. The summed E-state index contributed by atoms with van der Waals surface area (Å²) < 4.78 is 27.5. The fourth-order valence-corrected chi connectivity index (χ4v) is 5.68. The Morgan fingerprint density at radius 2 is 1.69 bits per heavy atom. The Balaban J connectivity index is 1.84. The molecule has 2 aromatic rings. The molecule has 7 heteroatoms. The van der Waals surface area contributed by atoms with Gasteiger partial charge in [-0.15, -0.1) is 4.31 Å². The first kappa shape index (κ1) is 25.9. The van der Waals surface area contributed by atoms with Crippen LogP contribution in [0.4, 0.5) is 0 Å². The van der Waals surface area contributed by atoms with Gasteiger partial charge in [-0.05, 0) is 44.7 Å². The van der Waals surface area contributed by atoms with Gasteiger partial charge in [0.2, 0.25) is 0 Å². The molecule has 0 aromatic heterocycles. The van der Waals surface area contributed by atoms with E-state index in [4.69, 9.17) is 9.47 Å². The van der Waals surface area contributed by atoms with Gasteiger partial charge in [-0.1, -0.05) is 83.3 Å². The van der Waals surface area contributed by atoms with Crippen LogP contribution in [0.15, 0.2) is 60.7 Å². The monoisotopic (exact) mass is 571 g/mol. The van der Waals surface area contributed by atoms with Crippen LogP contribution in [-0.2, 0) is 34.0 Å². The van der Waals surface area contributed by atoms with Crippen LogP contribution >= 0.6 is 22.6 Å². The largest absolute Gasteiger partial charge is 0.597 e. The van der Waals surface area contributed by atoms with Gasteiger partial charge >= 0.3 is 0 Å². The molecule has 5 nitrogen and oxygen atoms in total. The lowest BCUT2D eigenvalue weighted by Crippen LogP contribution is -2.56. The molecule has 1 aliphatic rings. The zero-order chi connectivity index (χ0) is 23.1. The number of alkyl halides is 1. The molecule has 176 valence electrons. The van der Waals surface area contributed by atoms with E-state index in [0.29, 0.717) is 19.8 Å². The number of ether oxygens (including phenoxy) is 2. The van der Waals surface area contributed by atoms with Crippen LogP contribution < -0.4 is 0 Å². The van der Waals surface area contributed by atoms with E-state index in [-0.39, 0.29) is 16.1 Å². The maximum absolute atomic E-state index is 13.7. The highest BCUT2D eigenvalue weighted by Crippen LogP contribution is 2.32. The average Bonchev–Trinajstić information content (AvgIpc) is 2.78. The van der Waals surface area contributed by atoms with Crippen molar-refractivity contribution in [3.8, 4) is 0 Å². The Morgan fingerprint density at radius 3 is 2.25 bits per heavy atom. The Kier molecular flexibility index (Phi) is 9.85.